The van der Waals surface area contributed by atoms with Crippen LogP contribution in [0.15, 0.2) is 59.6 Å². The molecule has 6 nitrogen and oxygen atoms in total. The van der Waals surface area contributed by atoms with Crippen LogP contribution in [0.2, 0.25) is 0 Å². The Kier molecular flexibility index (Phi) is 10.6. The molecule has 1 aliphatic heterocycles. The lowest BCUT2D eigenvalue weighted by Gasteiger charge is -2.37. The van der Waals surface area contributed by atoms with Gasteiger partial charge in [-0.15, -0.1) is 24.0 Å². The van der Waals surface area contributed by atoms with Gasteiger partial charge in [-0.2, -0.15) is 0 Å². The molecule has 2 aromatic carbocycles. The fourth-order valence-corrected chi connectivity index (χ4v) is 3.45. The number of amides is 1. The highest BCUT2D eigenvalue weighted by Gasteiger charge is 2.19. The Hall–Kier alpha value is -2.36. The van der Waals surface area contributed by atoms with E-state index in [1.165, 1.54) is 17.8 Å². The molecule has 0 radical (unpaired) electrons. The van der Waals surface area contributed by atoms with Crippen LogP contribution in [0.3, 0.4) is 0 Å². The normalized spacial score (nSPS) is 14.1. The Bertz CT molecular complexity index is 824. The molecular formula is C23H31FIN5O. The maximum absolute atomic E-state index is 12.9. The summed E-state index contributed by atoms with van der Waals surface area (Å²) < 4.78 is 12.9. The van der Waals surface area contributed by atoms with Crippen molar-refractivity contribution in [2.24, 2.45) is 4.99 Å². The predicted octanol–water partition coefficient (Wildman–Crippen LogP) is 2.89. The Morgan fingerprint density at radius 3 is 2.32 bits per heavy atom. The van der Waals surface area contributed by atoms with Crippen molar-refractivity contribution in [3.05, 3.63) is 66.0 Å². The molecule has 0 aromatic heterocycles. The molecule has 0 bridgehead atoms. The van der Waals surface area contributed by atoms with Crippen LogP contribution in [0.25, 0.3) is 0 Å². The molecule has 1 aliphatic rings. The molecule has 8 heteroatoms. The van der Waals surface area contributed by atoms with E-state index in [0.717, 1.165) is 44.2 Å². The zero-order chi connectivity index (χ0) is 21.2. The average Bonchev–Trinajstić information content (AvgIpc) is 2.78. The molecule has 31 heavy (non-hydrogen) atoms. The lowest BCUT2D eigenvalue weighted by Crippen LogP contribution is -2.52. The summed E-state index contributed by atoms with van der Waals surface area (Å²) in [5.74, 6) is 0.505. The quantitative estimate of drug-likeness (QED) is 0.246. The molecule has 0 atom stereocenters. The number of nitrogens with zero attached hydrogens (tertiary/aromatic N) is 3. The number of rotatable bonds is 7. The third-order valence-corrected chi connectivity index (χ3v) is 5.01. The van der Waals surface area contributed by atoms with Crippen molar-refractivity contribution in [3.63, 3.8) is 0 Å². The Labute approximate surface area is 200 Å². The van der Waals surface area contributed by atoms with Crippen molar-refractivity contribution in [2.45, 2.75) is 13.3 Å². The standard InChI is InChI=1S/C23H30FN5O.HI/c1-2-25-23(29-16-14-28(15-17-29)21-6-4-3-5-7-21)27-13-12-26-22(30)18-19-8-10-20(24)11-9-19;/h3-11H,2,12-18H2,1H3,(H,25,27)(H,26,30);1H. The largest absolute Gasteiger partial charge is 0.368 e. The highest BCUT2D eigenvalue weighted by atomic mass is 127. The van der Waals surface area contributed by atoms with Crippen LogP contribution in [0.5, 0.6) is 0 Å². The number of para-hydroxylation sites is 1. The van der Waals surface area contributed by atoms with Gasteiger partial charge in [-0.1, -0.05) is 30.3 Å². The van der Waals surface area contributed by atoms with Gasteiger partial charge in [0.2, 0.25) is 5.91 Å². The highest BCUT2D eigenvalue weighted by molar-refractivity contribution is 14.0. The minimum atomic E-state index is -0.297. The molecule has 1 heterocycles. The molecule has 3 rings (SSSR count). The van der Waals surface area contributed by atoms with Crippen LogP contribution in [-0.2, 0) is 11.2 Å². The van der Waals surface area contributed by atoms with Gasteiger partial charge in [0.1, 0.15) is 5.82 Å². The Morgan fingerprint density at radius 1 is 1.00 bits per heavy atom. The van der Waals surface area contributed by atoms with Gasteiger partial charge in [-0.25, -0.2) is 4.39 Å². The topological polar surface area (TPSA) is 60.0 Å². The monoisotopic (exact) mass is 539 g/mol. The van der Waals surface area contributed by atoms with E-state index in [-0.39, 0.29) is 42.1 Å². The van der Waals surface area contributed by atoms with Crippen LogP contribution in [-0.4, -0.2) is 62.6 Å². The number of hydrogen-bond donors (Lipinski definition) is 2. The van der Waals surface area contributed by atoms with E-state index in [4.69, 9.17) is 0 Å². The molecule has 2 N–H and O–H groups in total. The number of halogens is 2. The van der Waals surface area contributed by atoms with E-state index >= 15 is 0 Å². The first kappa shape index (κ1) is 24.9. The zero-order valence-corrected chi connectivity index (χ0v) is 20.2. The first-order valence-corrected chi connectivity index (χ1v) is 10.5. The average molecular weight is 539 g/mol. The third kappa shape index (κ3) is 8.01. The third-order valence-electron chi connectivity index (χ3n) is 5.01. The number of guanidine groups is 1. The SMILES string of the molecule is CCNC(=NCCNC(=O)Cc1ccc(F)cc1)N1CCN(c2ccccc2)CC1.I. The van der Waals surface area contributed by atoms with E-state index in [0.29, 0.717) is 13.1 Å². The Balaban J connectivity index is 0.00000341. The zero-order valence-electron chi connectivity index (χ0n) is 17.9. The van der Waals surface area contributed by atoms with E-state index in [2.05, 4.69) is 56.6 Å². The van der Waals surface area contributed by atoms with E-state index in [1.54, 1.807) is 12.1 Å². The summed E-state index contributed by atoms with van der Waals surface area (Å²) in [7, 11) is 0. The van der Waals surface area contributed by atoms with E-state index < -0.39 is 0 Å². The number of aliphatic imine (C=N–C) groups is 1. The second-order valence-corrected chi connectivity index (χ2v) is 7.20. The number of carbonyl (C=O) groups is 1. The van der Waals surface area contributed by atoms with E-state index in [9.17, 15) is 9.18 Å². The molecule has 0 unspecified atom stereocenters. The fraction of sp³-hybridized carbons (Fsp3) is 0.391. The fourth-order valence-electron chi connectivity index (χ4n) is 3.45. The summed E-state index contributed by atoms with van der Waals surface area (Å²) in [5, 5.41) is 6.23. The van der Waals surface area contributed by atoms with Crippen molar-refractivity contribution in [1.29, 1.82) is 0 Å². The molecule has 0 aliphatic carbocycles. The second-order valence-electron chi connectivity index (χ2n) is 7.20. The smallest absolute Gasteiger partial charge is 0.224 e. The van der Waals surface area contributed by atoms with Crippen LogP contribution < -0.4 is 15.5 Å². The van der Waals surface area contributed by atoms with Crippen molar-refractivity contribution in [2.75, 3.05) is 50.7 Å². The van der Waals surface area contributed by atoms with Crippen LogP contribution in [0.4, 0.5) is 10.1 Å². The summed E-state index contributed by atoms with van der Waals surface area (Å²) in [6, 6.07) is 16.5. The lowest BCUT2D eigenvalue weighted by molar-refractivity contribution is -0.120. The summed E-state index contributed by atoms with van der Waals surface area (Å²) in [5.41, 5.74) is 2.05. The number of carbonyl (C=O) groups excluding carboxylic acids is 1. The second kappa shape index (κ2) is 13.1. The van der Waals surface area contributed by atoms with Crippen molar-refractivity contribution >= 4 is 41.5 Å². The van der Waals surface area contributed by atoms with Crippen LogP contribution >= 0.6 is 24.0 Å². The van der Waals surface area contributed by atoms with Crippen LogP contribution in [0, 0.1) is 5.82 Å². The maximum atomic E-state index is 12.9. The van der Waals surface area contributed by atoms with Gasteiger partial charge in [-0.05, 0) is 36.8 Å². The van der Waals surface area contributed by atoms with Gasteiger partial charge < -0.3 is 20.4 Å². The van der Waals surface area contributed by atoms with Gasteiger partial charge in [0.25, 0.3) is 0 Å². The molecule has 0 spiro atoms. The molecule has 2 aromatic rings. The molecule has 1 saturated heterocycles. The molecule has 168 valence electrons. The van der Waals surface area contributed by atoms with E-state index in [1.807, 2.05) is 6.07 Å². The minimum Gasteiger partial charge on any atom is -0.368 e. The van der Waals surface area contributed by atoms with Gasteiger partial charge in [-0.3, -0.25) is 9.79 Å². The number of anilines is 1. The summed E-state index contributed by atoms with van der Waals surface area (Å²) in [4.78, 5) is 21.4. The van der Waals surface area contributed by atoms with Gasteiger partial charge in [0.05, 0.1) is 13.0 Å². The number of benzene rings is 2. The lowest BCUT2D eigenvalue weighted by atomic mass is 10.1. The van der Waals surface area contributed by atoms with Crippen molar-refractivity contribution in [1.82, 2.24) is 15.5 Å². The highest BCUT2D eigenvalue weighted by Crippen LogP contribution is 2.15. The predicted molar refractivity (Wildman–Crippen MR) is 135 cm³/mol. The first-order chi connectivity index (χ1) is 14.7. The summed E-state index contributed by atoms with van der Waals surface area (Å²) in [6.07, 6.45) is 0.242. The molecular weight excluding hydrogens is 508 g/mol. The van der Waals surface area contributed by atoms with Crippen molar-refractivity contribution < 1.29 is 9.18 Å². The molecule has 1 amide bonds. The van der Waals surface area contributed by atoms with Crippen LogP contribution in [0.1, 0.15) is 12.5 Å². The molecule has 1 fully saturated rings. The first-order valence-electron chi connectivity index (χ1n) is 10.5. The number of nitrogens with one attached hydrogen (secondary N) is 2. The van der Waals surface area contributed by atoms with Gasteiger partial charge >= 0.3 is 0 Å². The minimum absolute atomic E-state index is 0. The van der Waals surface area contributed by atoms with Crippen molar-refractivity contribution in [3.8, 4) is 0 Å². The van der Waals surface area contributed by atoms with Gasteiger partial charge in [0.15, 0.2) is 5.96 Å². The number of hydrogen-bond acceptors (Lipinski definition) is 3. The molecule has 0 saturated carbocycles. The van der Waals surface area contributed by atoms with Gasteiger partial charge in [0, 0.05) is 45.0 Å². The number of piperazine rings is 1. The maximum Gasteiger partial charge on any atom is 0.224 e. The Morgan fingerprint density at radius 2 is 1.68 bits per heavy atom. The summed E-state index contributed by atoms with van der Waals surface area (Å²) >= 11 is 0. The summed E-state index contributed by atoms with van der Waals surface area (Å²) in [6.45, 7) is 7.53.